The number of primary sulfonamides is 1. The van der Waals surface area contributed by atoms with E-state index in [9.17, 15) is 13.2 Å². The Hall–Kier alpha value is -2.46. The molecule has 9 heteroatoms. The average molecular weight is 391 g/mol. The Balaban J connectivity index is 1.61. The van der Waals surface area contributed by atoms with Gasteiger partial charge >= 0.3 is 0 Å². The van der Waals surface area contributed by atoms with E-state index in [1.807, 2.05) is 6.92 Å². The Labute approximate surface area is 157 Å². The molecule has 0 saturated carbocycles. The topological polar surface area (TPSA) is 120 Å². The van der Waals surface area contributed by atoms with Crippen LogP contribution in [0, 0.1) is 0 Å². The number of ether oxygens (including phenoxy) is 2. The summed E-state index contributed by atoms with van der Waals surface area (Å²) in [5, 5.41) is 11.0. The van der Waals surface area contributed by atoms with Crippen LogP contribution in [-0.2, 0) is 19.6 Å². The Morgan fingerprint density at radius 2 is 1.74 bits per heavy atom. The van der Waals surface area contributed by atoms with Gasteiger partial charge in [0.2, 0.25) is 15.9 Å². The Bertz CT molecular complexity index is 898. The zero-order chi connectivity index (χ0) is 19.4. The number of benzene rings is 2. The molecule has 0 spiro atoms. The molecule has 1 fully saturated rings. The van der Waals surface area contributed by atoms with E-state index in [1.54, 1.807) is 24.3 Å². The lowest BCUT2D eigenvalue weighted by Crippen LogP contribution is -2.53. The monoisotopic (exact) mass is 391 g/mol. The molecule has 0 unspecified atom stereocenters. The van der Waals surface area contributed by atoms with Crippen LogP contribution in [0.1, 0.15) is 6.92 Å². The average Bonchev–Trinajstić information content (AvgIpc) is 2.63. The van der Waals surface area contributed by atoms with Crippen molar-refractivity contribution in [3.8, 4) is 11.5 Å². The molecule has 2 atom stereocenters. The molecule has 0 aliphatic carbocycles. The molecule has 8 nitrogen and oxygen atoms in total. The van der Waals surface area contributed by atoms with Crippen molar-refractivity contribution < 1.29 is 22.7 Å². The quantitative estimate of drug-likeness (QED) is 0.709. The third-order valence-corrected chi connectivity index (χ3v) is 5.04. The maximum atomic E-state index is 12.3. The summed E-state index contributed by atoms with van der Waals surface area (Å²) in [4.78, 5) is 12.3. The van der Waals surface area contributed by atoms with E-state index < -0.39 is 16.1 Å². The highest BCUT2D eigenvalue weighted by molar-refractivity contribution is 7.89. The number of nitrogens with two attached hydrogens (primary N) is 1. The molecule has 0 aromatic heterocycles. The van der Waals surface area contributed by atoms with Crippen LogP contribution in [-0.4, -0.2) is 39.6 Å². The molecule has 0 bridgehead atoms. The SMILES string of the molecule is C[C@H]1OCCN[C@@H]1C(=O)Nc1ccc(Oc2ccc(S(N)(=O)=O)cc2)cc1. The van der Waals surface area contributed by atoms with Gasteiger partial charge in [0.25, 0.3) is 0 Å². The van der Waals surface area contributed by atoms with Gasteiger partial charge in [0.05, 0.1) is 17.6 Å². The second-order valence-electron chi connectivity index (χ2n) is 6.14. The fraction of sp³-hybridized carbons (Fsp3) is 0.278. The fourth-order valence-corrected chi connectivity index (χ4v) is 3.20. The van der Waals surface area contributed by atoms with Gasteiger partial charge in [0.1, 0.15) is 17.5 Å². The van der Waals surface area contributed by atoms with Crippen molar-refractivity contribution in [1.82, 2.24) is 5.32 Å². The normalized spacial score (nSPS) is 20.1. The van der Waals surface area contributed by atoms with Crippen molar-refractivity contribution in [2.75, 3.05) is 18.5 Å². The van der Waals surface area contributed by atoms with Gasteiger partial charge < -0.3 is 20.1 Å². The molecule has 3 rings (SSSR count). The minimum Gasteiger partial charge on any atom is -0.457 e. The fourth-order valence-electron chi connectivity index (χ4n) is 2.69. The Morgan fingerprint density at radius 3 is 2.30 bits per heavy atom. The van der Waals surface area contributed by atoms with E-state index in [-0.39, 0.29) is 16.9 Å². The molecule has 1 aliphatic heterocycles. The van der Waals surface area contributed by atoms with Crippen LogP contribution in [0.4, 0.5) is 5.69 Å². The number of hydrogen-bond donors (Lipinski definition) is 3. The smallest absolute Gasteiger partial charge is 0.244 e. The Morgan fingerprint density at radius 1 is 1.15 bits per heavy atom. The highest BCUT2D eigenvalue weighted by Crippen LogP contribution is 2.24. The molecular formula is C18H21N3O5S. The summed E-state index contributed by atoms with van der Waals surface area (Å²) in [7, 11) is -3.73. The van der Waals surface area contributed by atoms with Crippen LogP contribution in [0.2, 0.25) is 0 Å². The van der Waals surface area contributed by atoms with Gasteiger partial charge in [-0.2, -0.15) is 0 Å². The molecule has 4 N–H and O–H groups in total. The van der Waals surface area contributed by atoms with Gasteiger partial charge in [-0.05, 0) is 55.5 Å². The van der Waals surface area contributed by atoms with Gasteiger partial charge in [0.15, 0.2) is 0 Å². The molecular weight excluding hydrogens is 370 g/mol. The van der Waals surface area contributed by atoms with E-state index in [1.165, 1.54) is 24.3 Å². The molecule has 2 aromatic rings. The summed E-state index contributed by atoms with van der Waals surface area (Å²) in [6.45, 7) is 3.09. The van der Waals surface area contributed by atoms with Gasteiger partial charge in [-0.3, -0.25) is 4.79 Å². The van der Waals surface area contributed by atoms with E-state index in [2.05, 4.69) is 10.6 Å². The van der Waals surface area contributed by atoms with Gasteiger partial charge in [0, 0.05) is 12.2 Å². The number of amides is 1. The number of rotatable bonds is 5. The van der Waals surface area contributed by atoms with Crippen LogP contribution >= 0.6 is 0 Å². The van der Waals surface area contributed by atoms with E-state index >= 15 is 0 Å². The number of anilines is 1. The summed E-state index contributed by atoms with van der Waals surface area (Å²) in [5.74, 6) is 0.856. The largest absolute Gasteiger partial charge is 0.457 e. The number of hydrogen-bond acceptors (Lipinski definition) is 6. The maximum absolute atomic E-state index is 12.3. The second-order valence-corrected chi connectivity index (χ2v) is 7.70. The standard InChI is InChI=1S/C18H21N3O5S/c1-12-17(20-10-11-25-12)18(22)21-13-2-4-14(5-3-13)26-15-6-8-16(9-7-15)27(19,23)24/h2-9,12,17,20H,10-11H2,1H3,(H,21,22)(H2,19,23,24)/t12-,17+/m1/s1. The lowest BCUT2D eigenvalue weighted by molar-refractivity contribution is -0.123. The number of carbonyl (C=O) groups excluding carboxylic acids is 1. The van der Waals surface area contributed by atoms with Gasteiger partial charge in [-0.25, -0.2) is 13.6 Å². The zero-order valence-corrected chi connectivity index (χ0v) is 15.5. The van der Waals surface area contributed by atoms with Crippen molar-refractivity contribution >= 4 is 21.6 Å². The van der Waals surface area contributed by atoms with Crippen LogP contribution in [0.15, 0.2) is 53.4 Å². The van der Waals surface area contributed by atoms with Crippen LogP contribution in [0.5, 0.6) is 11.5 Å². The molecule has 1 amide bonds. The van der Waals surface area contributed by atoms with Crippen LogP contribution in [0.25, 0.3) is 0 Å². The number of morpholine rings is 1. The summed E-state index contributed by atoms with van der Waals surface area (Å²) in [6, 6.07) is 12.2. The summed E-state index contributed by atoms with van der Waals surface area (Å²) in [6.07, 6.45) is -0.193. The molecule has 1 heterocycles. The predicted molar refractivity (Wildman–Crippen MR) is 100 cm³/mol. The van der Waals surface area contributed by atoms with E-state index in [4.69, 9.17) is 14.6 Å². The number of sulfonamides is 1. The summed E-state index contributed by atoms with van der Waals surface area (Å²) in [5.41, 5.74) is 0.636. The first-order chi connectivity index (χ1) is 12.8. The minimum absolute atomic E-state index is 0.0161. The van der Waals surface area contributed by atoms with Crippen LogP contribution < -0.4 is 20.5 Å². The predicted octanol–water partition coefficient (Wildman–Crippen LogP) is 1.44. The lowest BCUT2D eigenvalue weighted by atomic mass is 10.1. The first-order valence-corrected chi connectivity index (χ1v) is 9.94. The molecule has 1 saturated heterocycles. The highest BCUT2D eigenvalue weighted by Gasteiger charge is 2.28. The highest BCUT2D eigenvalue weighted by atomic mass is 32.2. The molecule has 144 valence electrons. The van der Waals surface area contributed by atoms with Crippen molar-refractivity contribution in [2.45, 2.75) is 24.0 Å². The summed E-state index contributed by atoms with van der Waals surface area (Å²) < 4.78 is 33.6. The van der Waals surface area contributed by atoms with Crippen LogP contribution in [0.3, 0.4) is 0 Å². The Kier molecular flexibility index (Phi) is 5.76. The first kappa shape index (κ1) is 19.3. The third kappa shape index (κ3) is 5.04. The van der Waals surface area contributed by atoms with Gasteiger partial charge in [-0.1, -0.05) is 0 Å². The molecule has 1 aliphatic rings. The molecule has 2 aromatic carbocycles. The minimum atomic E-state index is -3.73. The summed E-state index contributed by atoms with van der Waals surface area (Å²) >= 11 is 0. The van der Waals surface area contributed by atoms with E-state index in [0.717, 1.165) is 0 Å². The van der Waals surface area contributed by atoms with Crippen molar-refractivity contribution in [2.24, 2.45) is 5.14 Å². The van der Waals surface area contributed by atoms with Gasteiger partial charge in [-0.15, -0.1) is 0 Å². The first-order valence-electron chi connectivity index (χ1n) is 8.39. The lowest BCUT2D eigenvalue weighted by Gasteiger charge is -2.29. The molecule has 27 heavy (non-hydrogen) atoms. The maximum Gasteiger partial charge on any atom is 0.244 e. The second kappa shape index (κ2) is 8.05. The molecule has 0 radical (unpaired) electrons. The number of nitrogens with one attached hydrogen (secondary N) is 2. The van der Waals surface area contributed by atoms with Crippen molar-refractivity contribution in [3.05, 3.63) is 48.5 Å². The van der Waals surface area contributed by atoms with E-state index in [0.29, 0.717) is 30.3 Å². The zero-order valence-electron chi connectivity index (χ0n) is 14.7. The number of carbonyl (C=O) groups is 1. The third-order valence-electron chi connectivity index (χ3n) is 4.11. The van der Waals surface area contributed by atoms with Crippen molar-refractivity contribution in [1.29, 1.82) is 0 Å². The van der Waals surface area contributed by atoms with Crippen molar-refractivity contribution in [3.63, 3.8) is 0 Å².